The molecule has 2 aromatic heterocycles. The maximum absolute atomic E-state index is 13.8. The molecule has 0 saturated carbocycles. The van der Waals surface area contributed by atoms with Crippen LogP contribution in [0.15, 0.2) is 28.7 Å². The number of benzene rings is 1. The molecule has 2 N–H and O–H groups in total. The summed E-state index contributed by atoms with van der Waals surface area (Å²) in [5, 5.41) is 21.4. The summed E-state index contributed by atoms with van der Waals surface area (Å²) in [5.74, 6) is -2.67. The number of carbonyl (C=O) groups excluding carboxylic acids is 3. The Hall–Kier alpha value is -4.11. The molecular weight excluding hydrogens is 478 g/mol. The van der Waals surface area contributed by atoms with Gasteiger partial charge >= 0.3 is 11.9 Å². The first-order chi connectivity index (χ1) is 17.6. The van der Waals surface area contributed by atoms with E-state index >= 15 is 0 Å². The molecule has 37 heavy (non-hydrogen) atoms. The summed E-state index contributed by atoms with van der Waals surface area (Å²) in [6, 6.07) is 8.28. The van der Waals surface area contributed by atoms with Crippen molar-refractivity contribution >= 4 is 28.7 Å². The fourth-order valence-electron chi connectivity index (χ4n) is 3.57. The lowest BCUT2D eigenvalue weighted by Gasteiger charge is -2.30. The number of nitriles is 1. The van der Waals surface area contributed by atoms with Gasteiger partial charge in [-0.15, -0.1) is 10.2 Å². The Labute approximate surface area is 214 Å². The van der Waals surface area contributed by atoms with Gasteiger partial charge in [0.1, 0.15) is 6.54 Å². The Balaban J connectivity index is 1.99. The van der Waals surface area contributed by atoms with Crippen molar-refractivity contribution in [3.63, 3.8) is 0 Å². The first-order valence-electron chi connectivity index (χ1n) is 12.0. The Morgan fingerprint density at radius 3 is 2.62 bits per heavy atom. The summed E-state index contributed by atoms with van der Waals surface area (Å²) in [6.45, 7) is 7.20. The lowest BCUT2D eigenvalue weighted by Crippen LogP contribution is -2.52. The minimum atomic E-state index is -1.02. The van der Waals surface area contributed by atoms with Crippen LogP contribution in [-0.2, 0) is 22.6 Å². The van der Waals surface area contributed by atoms with Crippen molar-refractivity contribution in [2.75, 3.05) is 6.61 Å². The first-order valence-corrected chi connectivity index (χ1v) is 12.0. The first kappa shape index (κ1) is 27.5. The quantitative estimate of drug-likeness (QED) is 0.316. The van der Waals surface area contributed by atoms with Gasteiger partial charge in [0.25, 0.3) is 5.91 Å². The van der Waals surface area contributed by atoms with Crippen molar-refractivity contribution in [2.24, 2.45) is 11.1 Å². The number of aryl methyl sites for hydroxylation is 1. The van der Waals surface area contributed by atoms with Gasteiger partial charge < -0.3 is 14.9 Å². The van der Waals surface area contributed by atoms with Crippen molar-refractivity contribution in [2.45, 2.75) is 66.1 Å². The lowest BCUT2D eigenvalue weighted by atomic mass is 9.86. The van der Waals surface area contributed by atoms with Crippen LogP contribution in [0.25, 0.3) is 10.9 Å². The van der Waals surface area contributed by atoms with Crippen molar-refractivity contribution in [1.82, 2.24) is 24.9 Å². The maximum atomic E-state index is 13.8. The molecular formula is C25H31N7O5. The van der Waals surface area contributed by atoms with E-state index in [-0.39, 0.29) is 24.1 Å². The van der Waals surface area contributed by atoms with Crippen molar-refractivity contribution in [1.29, 1.82) is 5.26 Å². The van der Waals surface area contributed by atoms with E-state index < -0.39 is 35.8 Å². The molecule has 0 spiro atoms. The van der Waals surface area contributed by atoms with E-state index in [0.717, 1.165) is 10.4 Å². The molecule has 2 amide bonds. The number of aromatic nitrogens is 4. The molecule has 196 valence electrons. The Kier molecular flexibility index (Phi) is 8.73. The fraction of sp³-hybridized carbons (Fsp3) is 0.480. The normalized spacial score (nSPS) is 12.2. The third kappa shape index (κ3) is 6.37. The highest BCUT2D eigenvalue weighted by molar-refractivity contribution is 6.11. The number of unbranched alkanes of at least 4 members (excludes halogenated alkanes) is 2. The van der Waals surface area contributed by atoms with E-state index in [1.807, 2.05) is 12.1 Å². The number of hydrogen-bond donors (Lipinski definition) is 1. The number of nitrogens with two attached hydrogens (primary N) is 1. The average Bonchev–Trinajstić information content (AvgIpc) is 3.49. The second-order valence-corrected chi connectivity index (χ2v) is 9.50. The molecule has 0 aliphatic rings. The van der Waals surface area contributed by atoms with E-state index in [9.17, 15) is 14.4 Å². The molecule has 3 rings (SSSR count). The van der Waals surface area contributed by atoms with Crippen LogP contribution in [0.5, 0.6) is 0 Å². The highest BCUT2D eigenvalue weighted by atomic mass is 16.5. The summed E-state index contributed by atoms with van der Waals surface area (Å²) in [6.07, 6.45) is 1.82. The van der Waals surface area contributed by atoms with Gasteiger partial charge in [0.15, 0.2) is 5.69 Å². The highest BCUT2D eigenvalue weighted by Gasteiger charge is 2.37. The Bertz CT molecular complexity index is 1310. The second-order valence-electron chi connectivity index (χ2n) is 9.50. The van der Waals surface area contributed by atoms with Crippen LogP contribution in [0.4, 0.5) is 0 Å². The number of ether oxygens (including phenoxy) is 1. The summed E-state index contributed by atoms with van der Waals surface area (Å²) in [4.78, 5) is 40.1. The largest absolute Gasteiger partial charge is 0.459 e. The molecule has 12 nitrogen and oxygen atoms in total. The molecule has 1 atom stereocenters. The molecule has 0 aliphatic heterocycles. The smallest absolute Gasteiger partial charge is 0.396 e. The zero-order valence-electron chi connectivity index (χ0n) is 21.4. The summed E-state index contributed by atoms with van der Waals surface area (Å²) in [5.41, 5.74) is 6.37. The molecule has 0 bridgehead atoms. The number of esters is 1. The van der Waals surface area contributed by atoms with E-state index in [0.29, 0.717) is 31.2 Å². The van der Waals surface area contributed by atoms with Crippen LogP contribution in [0, 0.1) is 16.7 Å². The van der Waals surface area contributed by atoms with E-state index in [1.54, 1.807) is 44.5 Å². The molecule has 0 aliphatic carbocycles. The van der Waals surface area contributed by atoms with Crippen LogP contribution in [0.2, 0.25) is 0 Å². The molecule has 0 saturated heterocycles. The monoisotopic (exact) mass is 509 g/mol. The van der Waals surface area contributed by atoms with E-state index in [2.05, 4.69) is 21.4 Å². The summed E-state index contributed by atoms with van der Waals surface area (Å²) >= 11 is 0. The molecule has 2 heterocycles. The molecule has 12 heteroatoms. The number of imide groups is 1. The number of amides is 2. The maximum Gasteiger partial charge on any atom is 0.396 e. The van der Waals surface area contributed by atoms with Gasteiger partial charge in [-0.25, -0.2) is 4.79 Å². The molecule has 3 aromatic rings. The average molecular weight is 510 g/mol. The number of rotatable bonds is 10. The number of carbonyl (C=O) groups is 3. The topological polar surface area (TPSA) is 170 Å². The second kappa shape index (κ2) is 11.7. The molecule has 0 unspecified atom stereocenters. The zero-order chi connectivity index (χ0) is 27.2. The highest BCUT2D eigenvalue weighted by Crippen LogP contribution is 2.24. The van der Waals surface area contributed by atoms with Gasteiger partial charge in [-0.05, 0) is 31.2 Å². The molecule has 1 aromatic carbocycles. The standard InChI is InChI=1S/C25H31N7O5/c1-5-36-24(35)21-29-28-18(37-21)15-31(23(34)20(27)25(2,3)4)22(33)19-16-11-7-8-12-17(16)32(30-19)14-10-6-9-13-26/h7-8,11-12,20H,5-6,9-10,14-15,27H2,1-4H3/t20-/m1/s1. The van der Waals surface area contributed by atoms with Gasteiger partial charge in [-0.1, -0.05) is 39.0 Å². The van der Waals surface area contributed by atoms with Crippen molar-refractivity contribution in [3.8, 4) is 6.07 Å². The van der Waals surface area contributed by atoms with Gasteiger partial charge in [0.05, 0.1) is 24.2 Å². The minimum absolute atomic E-state index is 0.0653. The summed E-state index contributed by atoms with van der Waals surface area (Å²) in [7, 11) is 0. The predicted molar refractivity (Wildman–Crippen MR) is 132 cm³/mol. The van der Waals surface area contributed by atoms with Gasteiger partial charge in [0.2, 0.25) is 11.8 Å². The van der Waals surface area contributed by atoms with Crippen LogP contribution >= 0.6 is 0 Å². The SMILES string of the molecule is CCOC(=O)c1nnc(CN(C(=O)c2nn(CCCCC#N)c3ccccc23)C(=O)[C@@H](N)C(C)(C)C)o1. The lowest BCUT2D eigenvalue weighted by molar-refractivity contribution is -0.133. The Morgan fingerprint density at radius 2 is 1.95 bits per heavy atom. The van der Waals surface area contributed by atoms with Gasteiger partial charge in [0, 0.05) is 18.4 Å². The van der Waals surface area contributed by atoms with Crippen LogP contribution in [0.1, 0.15) is 74.0 Å². The van der Waals surface area contributed by atoms with Crippen LogP contribution in [-0.4, -0.2) is 55.3 Å². The van der Waals surface area contributed by atoms with E-state index in [4.69, 9.17) is 20.1 Å². The fourth-order valence-corrected chi connectivity index (χ4v) is 3.57. The minimum Gasteiger partial charge on any atom is -0.459 e. The number of nitrogens with zero attached hydrogens (tertiary/aromatic N) is 6. The van der Waals surface area contributed by atoms with Gasteiger partial charge in [-0.2, -0.15) is 10.4 Å². The third-order valence-electron chi connectivity index (χ3n) is 5.69. The van der Waals surface area contributed by atoms with E-state index in [1.165, 1.54) is 0 Å². The zero-order valence-corrected chi connectivity index (χ0v) is 21.4. The Morgan fingerprint density at radius 1 is 1.22 bits per heavy atom. The number of hydrogen-bond acceptors (Lipinski definition) is 10. The molecule has 0 radical (unpaired) electrons. The predicted octanol–water partition coefficient (Wildman–Crippen LogP) is 2.83. The van der Waals surface area contributed by atoms with Crippen LogP contribution in [0.3, 0.4) is 0 Å². The van der Waals surface area contributed by atoms with Gasteiger partial charge in [-0.3, -0.25) is 19.2 Å². The van der Waals surface area contributed by atoms with Crippen LogP contribution < -0.4 is 5.73 Å². The number of fused-ring (bicyclic) bond motifs is 1. The van der Waals surface area contributed by atoms with Crippen molar-refractivity contribution < 1.29 is 23.5 Å². The van der Waals surface area contributed by atoms with Crippen molar-refractivity contribution in [3.05, 3.63) is 41.7 Å². The summed E-state index contributed by atoms with van der Waals surface area (Å²) < 4.78 is 11.9. The molecule has 0 fully saturated rings. The third-order valence-corrected chi connectivity index (χ3v) is 5.69. The number of para-hydroxylation sites is 1.